The predicted octanol–water partition coefficient (Wildman–Crippen LogP) is 1.82. The molecule has 9 heteroatoms. The third kappa shape index (κ3) is 3.18. The van der Waals surface area contributed by atoms with Crippen LogP contribution in [0.3, 0.4) is 0 Å². The summed E-state index contributed by atoms with van der Waals surface area (Å²) >= 11 is 0. The van der Waals surface area contributed by atoms with Gasteiger partial charge in [0.25, 0.3) is 5.91 Å². The van der Waals surface area contributed by atoms with Crippen LogP contribution in [0.5, 0.6) is 11.8 Å². The van der Waals surface area contributed by atoms with Crippen molar-refractivity contribution in [3.63, 3.8) is 0 Å². The number of amides is 1. The number of anilines is 1. The van der Waals surface area contributed by atoms with Gasteiger partial charge < -0.3 is 20.7 Å². The molecule has 0 atom stereocenters. The molecule has 30 heavy (non-hydrogen) atoms. The maximum Gasteiger partial charge on any atom is 0.322 e. The van der Waals surface area contributed by atoms with Gasteiger partial charge in [-0.3, -0.25) is 9.48 Å². The van der Waals surface area contributed by atoms with Crippen LogP contribution in [0.4, 0.5) is 5.69 Å². The molecule has 2 aromatic carbocycles. The van der Waals surface area contributed by atoms with Crippen molar-refractivity contribution in [2.75, 3.05) is 31.1 Å². The quantitative estimate of drug-likeness (QED) is 0.535. The Morgan fingerprint density at radius 1 is 1.20 bits per heavy atom. The molecule has 1 saturated heterocycles. The molecule has 3 N–H and O–H groups in total. The second-order valence-electron chi connectivity index (χ2n) is 7.23. The van der Waals surface area contributed by atoms with Crippen molar-refractivity contribution in [1.29, 1.82) is 0 Å². The van der Waals surface area contributed by atoms with Gasteiger partial charge in [0.15, 0.2) is 5.69 Å². The SMILES string of the molecule is Cn1nc(C(N)=O)c2ccc3cnc(Oc4cccc(N5CCNCC5)c4)nc3c21. The molecule has 0 radical (unpaired) electrons. The largest absolute Gasteiger partial charge is 0.424 e. The van der Waals surface area contributed by atoms with E-state index in [4.69, 9.17) is 10.5 Å². The number of primary amides is 1. The Morgan fingerprint density at radius 2 is 2.03 bits per heavy atom. The Hall–Kier alpha value is -3.72. The van der Waals surface area contributed by atoms with Gasteiger partial charge >= 0.3 is 6.01 Å². The normalized spacial score (nSPS) is 14.4. The average Bonchev–Trinajstić information content (AvgIpc) is 3.12. The van der Waals surface area contributed by atoms with E-state index in [9.17, 15) is 4.79 Å². The van der Waals surface area contributed by atoms with Crippen LogP contribution in [0.2, 0.25) is 0 Å². The lowest BCUT2D eigenvalue weighted by Crippen LogP contribution is -2.43. The number of nitrogens with two attached hydrogens (primary N) is 1. The Bertz CT molecular complexity index is 1260. The monoisotopic (exact) mass is 403 g/mol. The van der Waals surface area contributed by atoms with Crippen molar-refractivity contribution in [1.82, 2.24) is 25.1 Å². The van der Waals surface area contributed by atoms with Crippen molar-refractivity contribution in [3.05, 3.63) is 48.3 Å². The van der Waals surface area contributed by atoms with Crippen molar-refractivity contribution < 1.29 is 9.53 Å². The number of aryl methyl sites for hydroxylation is 1. The van der Waals surface area contributed by atoms with Crippen LogP contribution >= 0.6 is 0 Å². The van der Waals surface area contributed by atoms with E-state index >= 15 is 0 Å². The number of nitrogens with zero attached hydrogens (tertiary/aromatic N) is 5. The maximum absolute atomic E-state index is 11.7. The van der Waals surface area contributed by atoms with E-state index in [0.29, 0.717) is 22.2 Å². The molecule has 1 aliphatic rings. The van der Waals surface area contributed by atoms with Crippen LogP contribution < -0.4 is 20.7 Å². The minimum Gasteiger partial charge on any atom is -0.424 e. The molecule has 9 nitrogen and oxygen atoms in total. The molecule has 1 amide bonds. The van der Waals surface area contributed by atoms with Gasteiger partial charge in [0.1, 0.15) is 11.3 Å². The molecule has 0 aliphatic carbocycles. The summed E-state index contributed by atoms with van der Waals surface area (Å²) in [6.45, 7) is 3.84. The van der Waals surface area contributed by atoms with E-state index in [1.54, 1.807) is 17.9 Å². The molecule has 5 rings (SSSR count). The first kappa shape index (κ1) is 18.3. The zero-order valence-electron chi connectivity index (χ0n) is 16.5. The lowest BCUT2D eigenvalue weighted by molar-refractivity contribution is 0.0996. The van der Waals surface area contributed by atoms with E-state index in [0.717, 1.165) is 37.3 Å². The topological polar surface area (TPSA) is 111 Å². The molecule has 1 fully saturated rings. The molecule has 0 saturated carbocycles. The van der Waals surface area contributed by atoms with Gasteiger partial charge in [0, 0.05) is 61.9 Å². The molecule has 2 aromatic heterocycles. The summed E-state index contributed by atoms with van der Waals surface area (Å²) < 4.78 is 7.59. The van der Waals surface area contributed by atoms with Crippen LogP contribution in [0, 0.1) is 0 Å². The van der Waals surface area contributed by atoms with Gasteiger partial charge in [-0.05, 0) is 18.2 Å². The van der Waals surface area contributed by atoms with Gasteiger partial charge in [-0.2, -0.15) is 10.1 Å². The highest BCUT2D eigenvalue weighted by atomic mass is 16.5. The molecular formula is C21H21N7O2. The molecule has 0 spiro atoms. The standard InChI is InChI=1S/C21H21N7O2/c1-27-19-16(18(26-27)20(22)29)6-5-13-12-24-21(25-17(13)19)30-15-4-2-3-14(11-15)28-9-7-23-8-10-28/h2-6,11-12,23H,7-10H2,1H3,(H2,22,29). The first-order valence-corrected chi connectivity index (χ1v) is 9.76. The zero-order valence-corrected chi connectivity index (χ0v) is 16.5. The smallest absolute Gasteiger partial charge is 0.322 e. The molecule has 152 valence electrons. The number of carbonyl (C=O) groups is 1. The summed E-state index contributed by atoms with van der Waals surface area (Å²) in [5.41, 5.74) is 8.16. The Kier molecular flexibility index (Phi) is 4.44. The number of rotatable bonds is 4. The number of carbonyl (C=O) groups excluding carboxylic acids is 1. The number of aromatic nitrogens is 4. The Morgan fingerprint density at radius 3 is 2.83 bits per heavy atom. The summed E-state index contributed by atoms with van der Waals surface area (Å²) in [6.07, 6.45) is 1.70. The summed E-state index contributed by atoms with van der Waals surface area (Å²) in [6, 6.07) is 11.8. The van der Waals surface area contributed by atoms with E-state index in [-0.39, 0.29) is 11.7 Å². The van der Waals surface area contributed by atoms with Gasteiger partial charge in [-0.1, -0.05) is 12.1 Å². The molecule has 4 aromatic rings. The highest BCUT2D eigenvalue weighted by Crippen LogP contribution is 2.29. The van der Waals surface area contributed by atoms with Crippen molar-refractivity contribution in [2.45, 2.75) is 0 Å². The number of hydrogen-bond acceptors (Lipinski definition) is 7. The lowest BCUT2D eigenvalue weighted by atomic mass is 10.1. The lowest BCUT2D eigenvalue weighted by Gasteiger charge is -2.29. The van der Waals surface area contributed by atoms with E-state index < -0.39 is 5.91 Å². The summed E-state index contributed by atoms with van der Waals surface area (Å²) in [5, 5.41) is 9.08. The molecule has 3 heterocycles. The number of nitrogens with one attached hydrogen (secondary N) is 1. The average molecular weight is 403 g/mol. The maximum atomic E-state index is 11.7. The molecule has 0 bridgehead atoms. The third-order valence-corrected chi connectivity index (χ3v) is 5.27. The van der Waals surface area contributed by atoms with Crippen molar-refractivity contribution in [3.8, 4) is 11.8 Å². The van der Waals surface area contributed by atoms with Gasteiger partial charge in [0.2, 0.25) is 0 Å². The number of fused-ring (bicyclic) bond motifs is 3. The molecular weight excluding hydrogens is 382 g/mol. The first-order valence-electron chi connectivity index (χ1n) is 9.76. The van der Waals surface area contributed by atoms with Crippen molar-refractivity contribution >= 4 is 33.4 Å². The predicted molar refractivity (Wildman–Crippen MR) is 114 cm³/mol. The van der Waals surface area contributed by atoms with Crippen LogP contribution in [-0.4, -0.2) is 51.8 Å². The first-order chi connectivity index (χ1) is 14.6. The van der Waals surface area contributed by atoms with Crippen molar-refractivity contribution in [2.24, 2.45) is 12.8 Å². The summed E-state index contributed by atoms with van der Waals surface area (Å²) in [4.78, 5) is 23.0. The fraction of sp³-hybridized carbons (Fsp3) is 0.238. The highest BCUT2D eigenvalue weighted by molar-refractivity contribution is 6.11. The number of ether oxygens (including phenoxy) is 1. The summed E-state index contributed by atoms with van der Waals surface area (Å²) in [7, 11) is 1.76. The van der Waals surface area contributed by atoms with E-state index in [1.807, 2.05) is 30.3 Å². The van der Waals surface area contributed by atoms with E-state index in [2.05, 4.69) is 31.3 Å². The fourth-order valence-electron chi connectivity index (χ4n) is 3.84. The number of benzene rings is 2. The third-order valence-electron chi connectivity index (χ3n) is 5.27. The minimum atomic E-state index is -0.574. The van der Waals surface area contributed by atoms with Gasteiger partial charge in [-0.15, -0.1) is 0 Å². The van der Waals surface area contributed by atoms with Crippen LogP contribution in [-0.2, 0) is 7.05 Å². The second kappa shape index (κ2) is 7.27. The Labute approximate surface area is 172 Å². The van der Waals surface area contributed by atoms with Crippen LogP contribution in [0.15, 0.2) is 42.6 Å². The number of piperazine rings is 1. The van der Waals surface area contributed by atoms with Gasteiger partial charge in [-0.25, -0.2) is 4.98 Å². The number of hydrogen-bond donors (Lipinski definition) is 2. The molecule has 0 unspecified atom stereocenters. The second-order valence-corrected chi connectivity index (χ2v) is 7.23. The van der Waals surface area contributed by atoms with Crippen LogP contribution in [0.1, 0.15) is 10.5 Å². The molecule has 1 aliphatic heterocycles. The Balaban J connectivity index is 1.52. The fourth-order valence-corrected chi connectivity index (χ4v) is 3.84. The summed E-state index contributed by atoms with van der Waals surface area (Å²) in [5.74, 6) is 0.0931. The zero-order chi connectivity index (χ0) is 20.7. The van der Waals surface area contributed by atoms with Crippen LogP contribution in [0.25, 0.3) is 21.8 Å². The van der Waals surface area contributed by atoms with E-state index in [1.165, 1.54) is 0 Å². The minimum absolute atomic E-state index is 0.221. The highest BCUT2D eigenvalue weighted by Gasteiger charge is 2.17. The van der Waals surface area contributed by atoms with Gasteiger partial charge in [0.05, 0.1) is 5.52 Å².